The van der Waals surface area contributed by atoms with Gasteiger partial charge in [0.15, 0.2) is 0 Å². The normalized spacial score (nSPS) is 11.1. The molecule has 102 valence electrons. The van der Waals surface area contributed by atoms with Crippen molar-refractivity contribution < 1.29 is 4.74 Å². The molecule has 0 aliphatic heterocycles. The van der Waals surface area contributed by atoms with Gasteiger partial charge in [0.05, 0.1) is 0 Å². The van der Waals surface area contributed by atoms with Gasteiger partial charge in [0.1, 0.15) is 12.4 Å². The van der Waals surface area contributed by atoms with Gasteiger partial charge in [0, 0.05) is 35.4 Å². The fourth-order valence-electron chi connectivity index (χ4n) is 2.14. The van der Waals surface area contributed by atoms with Crippen molar-refractivity contribution in [2.24, 2.45) is 0 Å². The predicted molar refractivity (Wildman–Crippen MR) is 79.4 cm³/mol. The lowest BCUT2D eigenvalue weighted by Gasteiger charge is -2.18. The fourth-order valence-corrected chi connectivity index (χ4v) is 2.14. The Kier molecular flexibility index (Phi) is 4.58. The first kappa shape index (κ1) is 13.6. The molecule has 1 aromatic carbocycles. The Balaban J connectivity index is 2.11. The average molecular weight is 259 g/mol. The molecule has 0 radical (unpaired) electrons. The van der Waals surface area contributed by atoms with E-state index >= 15 is 0 Å². The van der Waals surface area contributed by atoms with Gasteiger partial charge in [-0.05, 0) is 31.3 Å². The number of pyridine rings is 1. The van der Waals surface area contributed by atoms with Crippen molar-refractivity contribution in [3.05, 3.63) is 30.6 Å². The topological polar surface area (TPSA) is 51.4 Å². The van der Waals surface area contributed by atoms with Crippen molar-refractivity contribution in [3.63, 3.8) is 0 Å². The summed E-state index contributed by atoms with van der Waals surface area (Å²) >= 11 is 0. The summed E-state index contributed by atoms with van der Waals surface area (Å²) in [5.41, 5.74) is 6.71. The highest BCUT2D eigenvalue weighted by molar-refractivity contribution is 5.96. The third-order valence-electron chi connectivity index (χ3n) is 3.37. The second kappa shape index (κ2) is 6.38. The molecule has 4 nitrogen and oxygen atoms in total. The summed E-state index contributed by atoms with van der Waals surface area (Å²) in [4.78, 5) is 6.48. The van der Waals surface area contributed by atoms with Crippen LogP contribution in [-0.4, -0.2) is 36.1 Å². The molecular weight excluding hydrogens is 238 g/mol. The summed E-state index contributed by atoms with van der Waals surface area (Å²) in [6.07, 6.45) is 3.55. The van der Waals surface area contributed by atoms with Crippen LogP contribution in [0.5, 0.6) is 5.75 Å². The standard InChI is InChI=1S/C15H21N3O/c1-3-18(4-2)9-10-19-15-6-5-14(16)12-7-8-17-11-13(12)15/h5-8,11H,3-4,9-10,16H2,1-2H3. The molecule has 0 fully saturated rings. The van der Waals surface area contributed by atoms with Crippen molar-refractivity contribution in [2.45, 2.75) is 13.8 Å². The van der Waals surface area contributed by atoms with Crippen LogP contribution in [0.15, 0.2) is 30.6 Å². The second-order valence-electron chi connectivity index (χ2n) is 4.45. The lowest BCUT2D eigenvalue weighted by atomic mass is 10.1. The van der Waals surface area contributed by atoms with Crippen molar-refractivity contribution in [3.8, 4) is 5.75 Å². The van der Waals surface area contributed by atoms with Crippen LogP contribution in [0.1, 0.15) is 13.8 Å². The largest absolute Gasteiger partial charge is 0.492 e. The number of nitrogen functional groups attached to an aromatic ring is 1. The van der Waals surface area contributed by atoms with E-state index in [-0.39, 0.29) is 0 Å². The molecule has 0 unspecified atom stereocenters. The van der Waals surface area contributed by atoms with Gasteiger partial charge < -0.3 is 15.4 Å². The van der Waals surface area contributed by atoms with Crippen LogP contribution in [0, 0.1) is 0 Å². The van der Waals surface area contributed by atoms with Gasteiger partial charge in [-0.2, -0.15) is 0 Å². The Morgan fingerprint density at radius 2 is 1.95 bits per heavy atom. The Morgan fingerprint density at radius 3 is 2.68 bits per heavy atom. The van der Waals surface area contributed by atoms with Gasteiger partial charge >= 0.3 is 0 Å². The van der Waals surface area contributed by atoms with Gasteiger partial charge in [0.25, 0.3) is 0 Å². The second-order valence-corrected chi connectivity index (χ2v) is 4.45. The zero-order valence-corrected chi connectivity index (χ0v) is 11.6. The summed E-state index contributed by atoms with van der Waals surface area (Å²) in [7, 11) is 0. The van der Waals surface area contributed by atoms with E-state index < -0.39 is 0 Å². The molecule has 2 N–H and O–H groups in total. The first-order valence-electron chi connectivity index (χ1n) is 6.73. The predicted octanol–water partition coefficient (Wildman–Crippen LogP) is 2.54. The third-order valence-corrected chi connectivity index (χ3v) is 3.37. The fraction of sp³-hybridized carbons (Fsp3) is 0.400. The number of hydrogen-bond acceptors (Lipinski definition) is 4. The minimum Gasteiger partial charge on any atom is -0.492 e. The van der Waals surface area contributed by atoms with E-state index in [2.05, 4.69) is 23.7 Å². The number of nitrogens with zero attached hydrogens (tertiary/aromatic N) is 2. The van der Waals surface area contributed by atoms with Gasteiger partial charge in [-0.25, -0.2) is 0 Å². The maximum atomic E-state index is 5.95. The van der Waals surface area contributed by atoms with E-state index in [1.54, 1.807) is 12.4 Å². The highest BCUT2D eigenvalue weighted by atomic mass is 16.5. The highest BCUT2D eigenvalue weighted by Gasteiger charge is 2.06. The van der Waals surface area contributed by atoms with Gasteiger partial charge in [-0.1, -0.05) is 13.8 Å². The molecule has 0 aliphatic rings. The maximum absolute atomic E-state index is 5.95. The smallest absolute Gasteiger partial charge is 0.128 e. The van der Waals surface area contributed by atoms with E-state index in [1.807, 2.05) is 18.2 Å². The minimum atomic E-state index is 0.676. The van der Waals surface area contributed by atoms with Crippen LogP contribution < -0.4 is 10.5 Å². The maximum Gasteiger partial charge on any atom is 0.128 e. The molecule has 0 bridgehead atoms. The molecule has 0 aliphatic carbocycles. The van der Waals surface area contributed by atoms with Crippen molar-refractivity contribution in [1.82, 2.24) is 9.88 Å². The van der Waals surface area contributed by atoms with Crippen molar-refractivity contribution in [2.75, 3.05) is 32.0 Å². The van der Waals surface area contributed by atoms with E-state index in [4.69, 9.17) is 10.5 Å². The number of nitrogens with two attached hydrogens (primary N) is 1. The summed E-state index contributed by atoms with van der Waals surface area (Å²) < 4.78 is 5.87. The molecule has 0 spiro atoms. The van der Waals surface area contributed by atoms with Gasteiger partial charge in [0.2, 0.25) is 0 Å². The number of likely N-dealkylation sites (N-methyl/N-ethyl adjacent to an activating group) is 1. The molecular formula is C15H21N3O. The van der Waals surface area contributed by atoms with Crippen LogP contribution in [0.25, 0.3) is 10.8 Å². The number of ether oxygens (including phenoxy) is 1. The van der Waals surface area contributed by atoms with Crippen LogP contribution in [-0.2, 0) is 0 Å². The van der Waals surface area contributed by atoms with E-state index in [9.17, 15) is 0 Å². The summed E-state index contributed by atoms with van der Waals surface area (Å²) in [5.74, 6) is 0.851. The molecule has 1 aromatic heterocycles. The Hall–Kier alpha value is -1.81. The van der Waals surface area contributed by atoms with E-state index in [0.717, 1.165) is 41.8 Å². The SMILES string of the molecule is CCN(CC)CCOc1ccc(N)c2ccncc12. The number of benzene rings is 1. The number of fused-ring (bicyclic) bond motifs is 1. The first-order chi connectivity index (χ1) is 9.26. The number of aromatic nitrogens is 1. The average Bonchev–Trinajstić information content (AvgIpc) is 2.46. The van der Waals surface area contributed by atoms with Crippen molar-refractivity contribution >= 4 is 16.5 Å². The Labute approximate surface area is 114 Å². The first-order valence-corrected chi connectivity index (χ1v) is 6.73. The zero-order chi connectivity index (χ0) is 13.7. The number of rotatable bonds is 6. The Morgan fingerprint density at radius 1 is 1.16 bits per heavy atom. The molecule has 1 heterocycles. The van der Waals surface area contributed by atoms with Crippen LogP contribution >= 0.6 is 0 Å². The minimum absolute atomic E-state index is 0.676. The lowest BCUT2D eigenvalue weighted by Crippen LogP contribution is -2.27. The van der Waals surface area contributed by atoms with Gasteiger partial charge in [-0.15, -0.1) is 0 Å². The molecule has 0 saturated carbocycles. The monoisotopic (exact) mass is 259 g/mol. The van der Waals surface area contributed by atoms with E-state index in [1.165, 1.54) is 0 Å². The molecule has 0 amide bonds. The highest BCUT2D eigenvalue weighted by Crippen LogP contribution is 2.29. The van der Waals surface area contributed by atoms with Crippen LogP contribution in [0.2, 0.25) is 0 Å². The zero-order valence-electron chi connectivity index (χ0n) is 11.6. The Bertz CT molecular complexity index is 538. The number of hydrogen-bond donors (Lipinski definition) is 1. The third kappa shape index (κ3) is 3.15. The molecule has 19 heavy (non-hydrogen) atoms. The molecule has 4 heteroatoms. The summed E-state index contributed by atoms with van der Waals surface area (Å²) in [6, 6.07) is 5.72. The van der Waals surface area contributed by atoms with Crippen LogP contribution in [0.4, 0.5) is 5.69 Å². The van der Waals surface area contributed by atoms with Crippen molar-refractivity contribution in [1.29, 1.82) is 0 Å². The lowest BCUT2D eigenvalue weighted by molar-refractivity contribution is 0.224. The summed E-state index contributed by atoms with van der Waals surface area (Å²) in [5, 5.41) is 1.97. The molecule has 0 saturated heterocycles. The molecule has 0 atom stereocenters. The number of anilines is 1. The summed E-state index contributed by atoms with van der Waals surface area (Å²) in [6.45, 7) is 8.01. The van der Waals surface area contributed by atoms with E-state index in [0.29, 0.717) is 6.61 Å². The molecule has 2 aromatic rings. The van der Waals surface area contributed by atoms with Crippen LogP contribution in [0.3, 0.4) is 0 Å². The molecule has 2 rings (SSSR count). The quantitative estimate of drug-likeness (QED) is 0.810. The van der Waals surface area contributed by atoms with Gasteiger partial charge in [-0.3, -0.25) is 4.98 Å².